The average Bonchev–Trinajstić information content (AvgIpc) is 2.93. The zero-order valence-corrected chi connectivity index (χ0v) is 13.5. The zero-order chi connectivity index (χ0) is 15.6. The summed E-state index contributed by atoms with van der Waals surface area (Å²) in [5.41, 5.74) is 0.614. The Hall–Kier alpha value is -0.940. The van der Waals surface area contributed by atoms with Gasteiger partial charge in [-0.15, -0.1) is 0 Å². The molecule has 22 heavy (non-hydrogen) atoms. The van der Waals surface area contributed by atoms with Crippen LogP contribution in [0, 0.1) is 5.41 Å². The van der Waals surface area contributed by atoms with Crippen molar-refractivity contribution in [2.45, 2.75) is 51.0 Å². The molecule has 3 rings (SSSR count). The predicted octanol–water partition coefficient (Wildman–Crippen LogP) is 2.11. The lowest BCUT2D eigenvalue weighted by molar-refractivity contribution is -0.128. The summed E-state index contributed by atoms with van der Waals surface area (Å²) in [5.74, 6) is 0. The molecule has 1 saturated carbocycles. The van der Waals surface area contributed by atoms with Gasteiger partial charge in [-0.2, -0.15) is 0 Å². The van der Waals surface area contributed by atoms with Crippen molar-refractivity contribution in [3.05, 3.63) is 35.9 Å². The van der Waals surface area contributed by atoms with Gasteiger partial charge in [0.05, 0.1) is 19.3 Å². The van der Waals surface area contributed by atoms with Crippen LogP contribution in [0.5, 0.6) is 0 Å². The van der Waals surface area contributed by atoms with Gasteiger partial charge in [0.2, 0.25) is 0 Å². The van der Waals surface area contributed by atoms with Crippen LogP contribution < -0.4 is 5.32 Å². The van der Waals surface area contributed by atoms with Gasteiger partial charge in [0, 0.05) is 31.0 Å². The van der Waals surface area contributed by atoms with Crippen molar-refractivity contribution in [2.75, 3.05) is 19.8 Å². The minimum atomic E-state index is -0.688. The van der Waals surface area contributed by atoms with Crippen molar-refractivity contribution >= 4 is 0 Å². The summed E-state index contributed by atoms with van der Waals surface area (Å²) < 4.78 is 11.4. The van der Waals surface area contributed by atoms with E-state index in [1.165, 1.54) is 5.56 Å². The molecule has 1 aromatic rings. The Bertz CT molecular complexity index is 482. The molecule has 1 saturated heterocycles. The average molecular weight is 305 g/mol. The molecule has 0 aromatic heterocycles. The Kier molecular flexibility index (Phi) is 4.55. The molecular weight excluding hydrogens is 278 g/mol. The molecule has 0 spiro atoms. The van der Waals surface area contributed by atoms with Crippen LogP contribution in [0.4, 0.5) is 0 Å². The maximum Gasteiger partial charge on any atom is 0.102 e. The normalized spacial score (nSPS) is 33.6. The molecule has 1 heterocycles. The number of hydrogen-bond acceptors (Lipinski definition) is 4. The van der Waals surface area contributed by atoms with Crippen LogP contribution in [-0.2, 0) is 16.1 Å². The largest absolute Gasteiger partial charge is 0.386 e. The number of benzene rings is 1. The van der Waals surface area contributed by atoms with Crippen molar-refractivity contribution in [1.29, 1.82) is 0 Å². The Labute approximate surface area is 132 Å². The standard InChI is InChI=1S/C18H27NO3/c1-17(2)15(19-12-18(20)8-9-21-13-18)10-16(17)22-11-14-6-4-3-5-7-14/h3-7,15-16,19-20H,8-13H2,1-2H3. The molecule has 0 amide bonds. The molecule has 122 valence electrons. The van der Waals surface area contributed by atoms with Crippen LogP contribution in [0.1, 0.15) is 32.3 Å². The van der Waals surface area contributed by atoms with E-state index < -0.39 is 5.60 Å². The quantitative estimate of drug-likeness (QED) is 0.845. The van der Waals surface area contributed by atoms with E-state index in [1.54, 1.807) is 0 Å². The third-order valence-corrected chi connectivity index (χ3v) is 5.23. The Morgan fingerprint density at radius 2 is 2.09 bits per heavy atom. The molecule has 0 radical (unpaired) electrons. The van der Waals surface area contributed by atoms with Gasteiger partial charge in [0.25, 0.3) is 0 Å². The van der Waals surface area contributed by atoms with E-state index in [0.29, 0.717) is 32.4 Å². The van der Waals surface area contributed by atoms with Gasteiger partial charge in [-0.1, -0.05) is 44.2 Å². The summed E-state index contributed by atoms with van der Waals surface area (Å²) >= 11 is 0. The first-order chi connectivity index (χ1) is 10.5. The minimum Gasteiger partial charge on any atom is -0.386 e. The molecule has 1 aromatic carbocycles. The topological polar surface area (TPSA) is 50.7 Å². The summed E-state index contributed by atoms with van der Waals surface area (Å²) in [6.45, 7) is 6.85. The van der Waals surface area contributed by atoms with Crippen LogP contribution in [0.2, 0.25) is 0 Å². The lowest BCUT2D eigenvalue weighted by Gasteiger charge is -2.52. The van der Waals surface area contributed by atoms with E-state index in [0.717, 1.165) is 12.8 Å². The first-order valence-corrected chi connectivity index (χ1v) is 8.19. The van der Waals surface area contributed by atoms with Crippen LogP contribution in [0.15, 0.2) is 30.3 Å². The van der Waals surface area contributed by atoms with Gasteiger partial charge in [-0.3, -0.25) is 0 Å². The fraction of sp³-hybridized carbons (Fsp3) is 0.667. The number of aliphatic hydroxyl groups is 1. The lowest BCUT2D eigenvalue weighted by Crippen LogP contribution is -2.62. The third kappa shape index (κ3) is 3.35. The van der Waals surface area contributed by atoms with Crippen LogP contribution in [0.3, 0.4) is 0 Å². The van der Waals surface area contributed by atoms with E-state index in [-0.39, 0.29) is 11.5 Å². The van der Waals surface area contributed by atoms with E-state index in [1.807, 2.05) is 18.2 Å². The highest BCUT2D eigenvalue weighted by Crippen LogP contribution is 2.43. The molecule has 3 unspecified atom stereocenters. The maximum atomic E-state index is 10.3. The predicted molar refractivity (Wildman–Crippen MR) is 85.6 cm³/mol. The highest BCUT2D eigenvalue weighted by Gasteiger charge is 2.49. The molecule has 1 aliphatic carbocycles. The Morgan fingerprint density at radius 3 is 2.73 bits per heavy atom. The monoisotopic (exact) mass is 305 g/mol. The SMILES string of the molecule is CC1(C)C(NCC2(O)CCOC2)CC1OCc1ccccc1. The first kappa shape index (κ1) is 15.9. The molecule has 2 fully saturated rings. The van der Waals surface area contributed by atoms with Crippen LogP contribution in [-0.4, -0.2) is 42.6 Å². The molecular formula is C18H27NO3. The molecule has 1 aliphatic heterocycles. The summed E-state index contributed by atoms with van der Waals surface area (Å²) in [5, 5.41) is 13.8. The number of rotatable bonds is 6. The number of ether oxygens (including phenoxy) is 2. The second-order valence-electron chi connectivity index (χ2n) is 7.30. The second-order valence-corrected chi connectivity index (χ2v) is 7.30. The Balaban J connectivity index is 1.45. The highest BCUT2D eigenvalue weighted by molar-refractivity contribution is 5.14. The second kappa shape index (κ2) is 6.28. The van der Waals surface area contributed by atoms with Crippen molar-refractivity contribution in [2.24, 2.45) is 5.41 Å². The molecule has 3 atom stereocenters. The van der Waals surface area contributed by atoms with Gasteiger partial charge in [-0.25, -0.2) is 0 Å². The summed E-state index contributed by atoms with van der Waals surface area (Å²) in [6, 6.07) is 10.7. The van der Waals surface area contributed by atoms with E-state index >= 15 is 0 Å². The van der Waals surface area contributed by atoms with Gasteiger partial charge in [0.1, 0.15) is 5.60 Å². The van der Waals surface area contributed by atoms with E-state index in [2.05, 4.69) is 31.3 Å². The van der Waals surface area contributed by atoms with Gasteiger partial charge >= 0.3 is 0 Å². The molecule has 0 bridgehead atoms. The number of nitrogens with one attached hydrogen (secondary N) is 1. The van der Waals surface area contributed by atoms with Gasteiger partial charge < -0.3 is 19.9 Å². The van der Waals surface area contributed by atoms with E-state index in [4.69, 9.17) is 9.47 Å². The van der Waals surface area contributed by atoms with E-state index in [9.17, 15) is 5.11 Å². The molecule has 2 N–H and O–H groups in total. The summed E-state index contributed by atoms with van der Waals surface area (Å²) in [7, 11) is 0. The van der Waals surface area contributed by atoms with Crippen molar-refractivity contribution in [1.82, 2.24) is 5.32 Å². The highest BCUT2D eigenvalue weighted by atomic mass is 16.5. The fourth-order valence-electron chi connectivity index (χ4n) is 3.33. The smallest absolute Gasteiger partial charge is 0.102 e. The van der Waals surface area contributed by atoms with Crippen molar-refractivity contribution in [3.8, 4) is 0 Å². The molecule has 2 aliphatic rings. The minimum absolute atomic E-state index is 0.0879. The Morgan fingerprint density at radius 1 is 1.32 bits per heavy atom. The zero-order valence-electron chi connectivity index (χ0n) is 13.5. The summed E-state index contributed by atoms with van der Waals surface area (Å²) in [6.07, 6.45) is 1.98. The molecule has 4 heteroatoms. The van der Waals surface area contributed by atoms with Crippen molar-refractivity contribution < 1.29 is 14.6 Å². The first-order valence-electron chi connectivity index (χ1n) is 8.19. The summed E-state index contributed by atoms with van der Waals surface area (Å²) in [4.78, 5) is 0. The van der Waals surface area contributed by atoms with Gasteiger partial charge in [0.15, 0.2) is 0 Å². The van der Waals surface area contributed by atoms with Gasteiger partial charge in [-0.05, 0) is 12.0 Å². The maximum absolute atomic E-state index is 10.3. The van der Waals surface area contributed by atoms with Crippen molar-refractivity contribution in [3.63, 3.8) is 0 Å². The third-order valence-electron chi connectivity index (χ3n) is 5.23. The lowest BCUT2D eigenvalue weighted by atomic mass is 9.64. The molecule has 4 nitrogen and oxygen atoms in total. The fourth-order valence-corrected chi connectivity index (χ4v) is 3.33. The van der Waals surface area contributed by atoms with Crippen LogP contribution >= 0.6 is 0 Å². The number of hydrogen-bond donors (Lipinski definition) is 2. The van der Waals surface area contributed by atoms with Crippen LogP contribution in [0.25, 0.3) is 0 Å².